The topological polar surface area (TPSA) is 139 Å². The molecule has 0 radical (unpaired) electrons. The van der Waals surface area contributed by atoms with E-state index in [0.29, 0.717) is 6.42 Å². The van der Waals surface area contributed by atoms with Crippen LogP contribution in [0.1, 0.15) is 130 Å². The fourth-order valence-corrected chi connectivity index (χ4v) is 4.01. The van der Waals surface area contributed by atoms with E-state index in [1.54, 1.807) is 0 Å². The molecule has 0 saturated heterocycles. The second-order valence-electron chi connectivity index (χ2n) is 9.23. The van der Waals surface area contributed by atoms with E-state index in [0.717, 1.165) is 19.3 Å². The SMILES string of the molecule is CCCCCCCCCCCCCCCCCC(=O)NC(CC)C(C)C(N)CO.O=[N+]([O-])O. The third-order valence-electron chi connectivity index (χ3n) is 6.31. The quantitative estimate of drug-likeness (QED) is 0.0946. The van der Waals surface area contributed by atoms with Gasteiger partial charge in [0.05, 0.1) is 6.61 Å². The van der Waals surface area contributed by atoms with Crippen molar-refractivity contribution in [3.05, 3.63) is 10.1 Å². The van der Waals surface area contributed by atoms with Crippen LogP contribution >= 0.6 is 0 Å². The van der Waals surface area contributed by atoms with Gasteiger partial charge < -0.3 is 21.4 Å². The number of aliphatic hydroxyl groups excluding tert-OH is 1. The van der Waals surface area contributed by atoms with Crippen molar-refractivity contribution in [3.8, 4) is 0 Å². The average molecular weight is 476 g/mol. The van der Waals surface area contributed by atoms with Crippen LogP contribution < -0.4 is 11.1 Å². The summed E-state index contributed by atoms with van der Waals surface area (Å²) in [5, 5.41) is 25.9. The second kappa shape index (κ2) is 25.2. The summed E-state index contributed by atoms with van der Waals surface area (Å²) in [5.74, 6) is 0.221. The van der Waals surface area contributed by atoms with Crippen LogP contribution in [0.2, 0.25) is 0 Å². The summed E-state index contributed by atoms with van der Waals surface area (Å²) in [4.78, 5) is 20.5. The van der Waals surface area contributed by atoms with E-state index in [9.17, 15) is 9.90 Å². The first-order valence-corrected chi connectivity index (χ1v) is 13.3. The molecule has 5 N–H and O–H groups in total. The molecule has 0 fully saturated rings. The van der Waals surface area contributed by atoms with Crippen LogP contribution in [0.15, 0.2) is 0 Å². The zero-order valence-electron chi connectivity index (χ0n) is 21.6. The lowest BCUT2D eigenvalue weighted by molar-refractivity contribution is -0.742. The average Bonchev–Trinajstić information content (AvgIpc) is 2.78. The molecule has 8 nitrogen and oxygen atoms in total. The van der Waals surface area contributed by atoms with E-state index in [1.165, 1.54) is 83.5 Å². The molecular weight excluding hydrogens is 422 g/mol. The first kappa shape index (κ1) is 33.8. The number of hydrogen-bond donors (Lipinski definition) is 4. The molecule has 33 heavy (non-hydrogen) atoms. The molecule has 0 heterocycles. The molecule has 198 valence electrons. The Morgan fingerprint density at radius 1 is 0.879 bits per heavy atom. The molecular formula is C25H53N3O5. The van der Waals surface area contributed by atoms with Crippen molar-refractivity contribution in [2.75, 3.05) is 6.61 Å². The summed E-state index contributed by atoms with van der Waals surface area (Å²) < 4.78 is 0. The second-order valence-corrected chi connectivity index (χ2v) is 9.23. The van der Waals surface area contributed by atoms with Gasteiger partial charge in [0.1, 0.15) is 0 Å². The maximum absolute atomic E-state index is 12.1. The Kier molecular flexibility index (Phi) is 25.8. The van der Waals surface area contributed by atoms with E-state index in [-0.39, 0.29) is 30.5 Å². The normalized spacial score (nSPS) is 13.5. The van der Waals surface area contributed by atoms with Gasteiger partial charge in [0.15, 0.2) is 0 Å². The first-order valence-electron chi connectivity index (χ1n) is 13.3. The van der Waals surface area contributed by atoms with Gasteiger partial charge in [-0.2, -0.15) is 0 Å². The van der Waals surface area contributed by atoms with Crippen molar-refractivity contribution in [2.45, 2.75) is 142 Å². The molecule has 0 aromatic heterocycles. The molecule has 3 unspecified atom stereocenters. The molecule has 3 atom stereocenters. The molecule has 0 saturated carbocycles. The highest BCUT2D eigenvalue weighted by atomic mass is 16.9. The number of nitrogens with one attached hydrogen (secondary N) is 1. The first-order chi connectivity index (χ1) is 15.8. The van der Waals surface area contributed by atoms with Gasteiger partial charge in [-0.3, -0.25) is 4.79 Å². The van der Waals surface area contributed by atoms with Gasteiger partial charge >= 0.3 is 0 Å². The Bertz CT molecular complexity index is 448. The fourth-order valence-electron chi connectivity index (χ4n) is 4.01. The Morgan fingerprint density at radius 3 is 1.58 bits per heavy atom. The van der Waals surface area contributed by atoms with Crippen LogP contribution in [0.25, 0.3) is 0 Å². The van der Waals surface area contributed by atoms with Crippen molar-refractivity contribution in [3.63, 3.8) is 0 Å². The summed E-state index contributed by atoms with van der Waals surface area (Å²) >= 11 is 0. The third kappa shape index (κ3) is 25.1. The number of carbonyl (C=O) groups is 1. The summed E-state index contributed by atoms with van der Waals surface area (Å²) in [7, 11) is 0. The minimum atomic E-state index is -1.50. The van der Waals surface area contributed by atoms with Crippen molar-refractivity contribution < 1.29 is 20.2 Å². The number of unbranched alkanes of at least 4 members (excludes halogenated alkanes) is 14. The standard InChI is InChI=1S/C25H52N2O2.HNO3/c1-4-6-7-8-9-10-11-12-13-14-15-16-17-18-19-20-25(29)27-24(5-2)22(3)23(26)21-28;2-1(3)4/h22-24,28H,4-21,26H2,1-3H3,(H,27,29);(H,2,3,4). The predicted molar refractivity (Wildman–Crippen MR) is 135 cm³/mol. The van der Waals surface area contributed by atoms with Crippen LogP contribution in [0.4, 0.5) is 0 Å². The highest BCUT2D eigenvalue weighted by molar-refractivity contribution is 5.76. The van der Waals surface area contributed by atoms with Crippen LogP contribution in [0.3, 0.4) is 0 Å². The molecule has 0 aromatic carbocycles. The summed E-state index contributed by atoms with van der Waals surface area (Å²) in [6, 6.07) is -0.216. The van der Waals surface area contributed by atoms with E-state index in [4.69, 9.17) is 21.1 Å². The number of rotatable bonds is 21. The fraction of sp³-hybridized carbons (Fsp3) is 0.960. The predicted octanol–water partition coefficient (Wildman–Crippen LogP) is 5.75. The van der Waals surface area contributed by atoms with Crippen LogP contribution in [-0.4, -0.2) is 40.0 Å². The maximum atomic E-state index is 12.1. The molecule has 1 amide bonds. The molecule has 0 aliphatic heterocycles. The Hall–Kier alpha value is -1.41. The molecule has 8 heteroatoms. The largest absolute Gasteiger partial charge is 0.395 e. The monoisotopic (exact) mass is 475 g/mol. The van der Waals surface area contributed by atoms with E-state index < -0.39 is 5.09 Å². The number of nitrogens with two attached hydrogens (primary N) is 1. The minimum absolute atomic E-state index is 0.0351. The maximum Gasteiger partial charge on any atom is 0.291 e. The lowest BCUT2D eigenvalue weighted by Gasteiger charge is -2.27. The Labute approximate surface area is 202 Å². The third-order valence-corrected chi connectivity index (χ3v) is 6.31. The number of aliphatic hydroxyl groups is 1. The summed E-state index contributed by atoms with van der Waals surface area (Å²) in [6.07, 6.45) is 21.5. The van der Waals surface area contributed by atoms with Gasteiger partial charge in [-0.15, -0.1) is 10.1 Å². The van der Waals surface area contributed by atoms with Gasteiger partial charge in [0.25, 0.3) is 5.09 Å². The van der Waals surface area contributed by atoms with Crippen molar-refractivity contribution in [2.24, 2.45) is 11.7 Å². The van der Waals surface area contributed by atoms with Crippen molar-refractivity contribution in [1.29, 1.82) is 0 Å². The van der Waals surface area contributed by atoms with Gasteiger partial charge in [0, 0.05) is 18.5 Å². The molecule has 0 aliphatic rings. The van der Waals surface area contributed by atoms with Crippen molar-refractivity contribution in [1.82, 2.24) is 5.32 Å². The molecule has 0 aliphatic carbocycles. The number of carbonyl (C=O) groups excluding carboxylic acids is 1. The number of nitrogens with zero attached hydrogens (tertiary/aromatic N) is 1. The minimum Gasteiger partial charge on any atom is -0.395 e. The van der Waals surface area contributed by atoms with Crippen molar-refractivity contribution >= 4 is 5.91 Å². The highest BCUT2D eigenvalue weighted by Gasteiger charge is 2.22. The molecule has 0 spiro atoms. The summed E-state index contributed by atoms with van der Waals surface area (Å²) in [5.41, 5.74) is 5.90. The van der Waals surface area contributed by atoms with Gasteiger partial charge in [-0.25, -0.2) is 0 Å². The van der Waals surface area contributed by atoms with E-state index in [1.807, 2.05) is 6.92 Å². The van der Waals surface area contributed by atoms with E-state index >= 15 is 0 Å². The van der Waals surface area contributed by atoms with Gasteiger partial charge in [-0.1, -0.05) is 111 Å². The number of amides is 1. The Morgan fingerprint density at radius 2 is 1.24 bits per heavy atom. The molecule has 0 rings (SSSR count). The molecule has 0 bridgehead atoms. The summed E-state index contributed by atoms with van der Waals surface area (Å²) in [6.45, 7) is 6.30. The van der Waals surface area contributed by atoms with Crippen LogP contribution in [-0.2, 0) is 4.79 Å². The highest BCUT2D eigenvalue weighted by Crippen LogP contribution is 2.14. The van der Waals surface area contributed by atoms with Gasteiger partial charge in [-0.05, 0) is 18.8 Å². The zero-order chi connectivity index (χ0) is 25.3. The smallest absolute Gasteiger partial charge is 0.291 e. The zero-order valence-corrected chi connectivity index (χ0v) is 21.6. The van der Waals surface area contributed by atoms with Crippen LogP contribution in [0, 0.1) is 16.0 Å². The van der Waals surface area contributed by atoms with Crippen LogP contribution in [0.5, 0.6) is 0 Å². The van der Waals surface area contributed by atoms with Gasteiger partial charge in [0.2, 0.25) is 5.91 Å². The Balaban J connectivity index is 0. The lowest BCUT2D eigenvalue weighted by atomic mass is 9.92. The van der Waals surface area contributed by atoms with E-state index in [2.05, 4.69) is 19.2 Å². The number of hydrogen-bond acceptors (Lipinski definition) is 5. The molecule has 0 aromatic rings. The lowest BCUT2D eigenvalue weighted by Crippen LogP contribution is -2.47.